The number of aryl methyl sites for hydroxylation is 1. The molecule has 12 heavy (non-hydrogen) atoms. The first-order valence-electron chi connectivity index (χ1n) is 3.77. The van der Waals surface area contributed by atoms with Crippen molar-refractivity contribution in [3.05, 3.63) is 46.9 Å². The highest BCUT2D eigenvalue weighted by Crippen LogP contribution is 2.18. The molecule has 63 valence electrons. The minimum absolute atomic E-state index is 0.196. The zero-order valence-electron chi connectivity index (χ0n) is 6.69. The number of hydrogen-bond acceptors (Lipinski definition) is 2. The van der Waals surface area contributed by atoms with Gasteiger partial charge < -0.3 is 0 Å². The van der Waals surface area contributed by atoms with Gasteiger partial charge in [-0.05, 0) is 12.8 Å². The molecule has 0 fully saturated rings. The number of rotatable bonds is 3. The number of nitro benzene ring substituents is 1. The molecule has 1 radical (unpaired) electrons. The zero-order valence-corrected chi connectivity index (χ0v) is 6.69. The minimum atomic E-state index is -0.356. The Hall–Kier alpha value is -1.38. The van der Waals surface area contributed by atoms with Crippen LogP contribution in [0.1, 0.15) is 12.0 Å². The fourth-order valence-corrected chi connectivity index (χ4v) is 1.09. The Morgan fingerprint density at radius 1 is 1.42 bits per heavy atom. The summed E-state index contributed by atoms with van der Waals surface area (Å²) >= 11 is 0. The number of para-hydroxylation sites is 1. The van der Waals surface area contributed by atoms with Gasteiger partial charge in [0.2, 0.25) is 0 Å². The predicted molar refractivity (Wildman–Crippen MR) is 46.8 cm³/mol. The molecule has 0 aromatic heterocycles. The van der Waals surface area contributed by atoms with E-state index in [0.29, 0.717) is 12.8 Å². The van der Waals surface area contributed by atoms with E-state index in [1.807, 2.05) is 0 Å². The molecular weight excluding hydrogens is 154 g/mol. The third-order valence-electron chi connectivity index (χ3n) is 1.63. The van der Waals surface area contributed by atoms with Gasteiger partial charge >= 0.3 is 0 Å². The van der Waals surface area contributed by atoms with E-state index >= 15 is 0 Å². The molecule has 0 amide bonds. The van der Waals surface area contributed by atoms with Gasteiger partial charge in [-0.1, -0.05) is 25.1 Å². The van der Waals surface area contributed by atoms with E-state index in [1.165, 1.54) is 6.07 Å². The summed E-state index contributed by atoms with van der Waals surface area (Å²) in [5.74, 6) is 0. The Labute approximate surface area is 71.2 Å². The van der Waals surface area contributed by atoms with Crippen molar-refractivity contribution in [2.24, 2.45) is 0 Å². The van der Waals surface area contributed by atoms with Crippen molar-refractivity contribution < 1.29 is 4.92 Å². The van der Waals surface area contributed by atoms with E-state index in [4.69, 9.17) is 0 Å². The Bertz CT molecular complexity index is 284. The Morgan fingerprint density at radius 2 is 2.08 bits per heavy atom. The summed E-state index contributed by atoms with van der Waals surface area (Å²) in [6.45, 7) is 3.66. The summed E-state index contributed by atoms with van der Waals surface area (Å²) in [5, 5.41) is 10.5. The SMILES string of the molecule is [CH2]CCc1ccccc1[N+](=O)[O-]. The van der Waals surface area contributed by atoms with Gasteiger partial charge in [0.05, 0.1) is 4.92 Å². The third kappa shape index (κ3) is 1.81. The quantitative estimate of drug-likeness (QED) is 0.508. The summed E-state index contributed by atoms with van der Waals surface area (Å²) < 4.78 is 0. The predicted octanol–water partition coefficient (Wildman–Crippen LogP) is 2.36. The summed E-state index contributed by atoms with van der Waals surface area (Å²) in [7, 11) is 0. The molecular formula is C9H10NO2. The molecule has 1 aromatic rings. The van der Waals surface area contributed by atoms with E-state index in [2.05, 4.69) is 6.92 Å². The second-order valence-electron chi connectivity index (χ2n) is 2.49. The van der Waals surface area contributed by atoms with Gasteiger partial charge in [-0.2, -0.15) is 0 Å². The van der Waals surface area contributed by atoms with Crippen molar-refractivity contribution in [1.82, 2.24) is 0 Å². The number of hydrogen-bond donors (Lipinski definition) is 0. The van der Waals surface area contributed by atoms with E-state index in [-0.39, 0.29) is 10.6 Å². The average molecular weight is 164 g/mol. The maximum atomic E-state index is 10.5. The fraction of sp³-hybridized carbons (Fsp3) is 0.222. The van der Waals surface area contributed by atoms with Crippen molar-refractivity contribution >= 4 is 5.69 Å². The fourth-order valence-electron chi connectivity index (χ4n) is 1.09. The second-order valence-corrected chi connectivity index (χ2v) is 2.49. The lowest BCUT2D eigenvalue weighted by Crippen LogP contribution is -1.94. The normalized spacial score (nSPS) is 9.75. The maximum absolute atomic E-state index is 10.5. The van der Waals surface area contributed by atoms with Crippen LogP contribution >= 0.6 is 0 Å². The first-order chi connectivity index (χ1) is 5.75. The lowest BCUT2D eigenvalue weighted by Gasteiger charge is -1.98. The Morgan fingerprint density at radius 3 is 2.67 bits per heavy atom. The first kappa shape index (κ1) is 8.71. The molecule has 0 aliphatic carbocycles. The second kappa shape index (κ2) is 3.85. The van der Waals surface area contributed by atoms with Crippen LogP contribution < -0.4 is 0 Å². The molecule has 3 heteroatoms. The topological polar surface area (TPSA) is 43.1 Å². The molecule has 0 heterocycles. The smallest absolute Gasteiger partial charge is 0.258 e. The molecule has 0 saturated heterocycles. The summed E-state index contributed by atoms with van der Waals surface area (Å²) in [4.78, 5) is 10.1. The van der Waals surface area contributed by atoms with Gasteiger partial charge in [0, 0.05) is 11.6 Å². The standard InChI is InChI=1S/C9H10NO2/c1-2-5-8-6-3-4-7-9(8)10(11)12/h3-4,6-7H,1-2,5H2. The van der Waals surface area contributed by atoms with Gasteiger partial charge in [-0.15, -0.1) is 0 Å². The van der Waals surface area contributed by atoms with Crippen molar-refractivity contribution in [1.29, 1.82) is 0 Å². The highest BCUT2D eigenvalue weighted by Gasteiger charge is 2.09. The van der Waals surface area contributed by atoms with Crippen LogP contribution in [0, 0.1) is 17.0 Å². The van der Waals surface area contributed by atoms with Crippen LogP contribution in [0.3, 0.4) is 0 Å². The number of benzene rings is 1. The van der Waals surface area contributed by atoms with E-state index in [1.54, 1.807) is 18.2 Å². The van der Waals surface area contributed by atoms with Crippen molar-refractivity contribution in [2.75, 3.05) is 0 Å². The summed E-state index contributed by atoms with van der Waals surface area (Å²) in [5.41, 5.74) is 0.957. The van der Waals surface area contributed by atoms with Crippen LogP contribution in [0.25, 0.3) is 0 Å². The largest absolute Gasteiger partial charge is 0.272 e. The number of nitrogens with zero attached hydrogens (tertiary/aromatic N) is 1. The number of nitro groups is 1. The Kier molecular flexibility index (Phi) is 2.80. The zero-order chi connectivity index (χ0) is 8.97. The summed E-state index contributed by atoms with van der Waals surface area (Å²) in [6, 6.07) is 6.76. The van der Waals surface area contributed by atoms with Crippen LogP contribution in [-0.2, 0) is 6.42 Å². The van der Waals surface area contributed by atoms with Gasteiger partial charge in [0.1, 0.15) is 0 Å². The molecule has 0 atom stereocenters. The van der Waals surface area contributed by atoms with E-state index < -0.39 is 0 Å². The van der Waals surface area contributed by atoms with Gasteiger partial charge in [0.15, 0.2) is 0 Å². The lowest BCUT2D eigenvalue weighted by atomic mass is 10.1. The molecule has 0 aliphatic rings. The molecule has 1 aromatic carbocycles. The lowest BCUT2D eigenvalue weighted by molar-refractivity contribution is -0.385. The summed E-state index contributed by atoms with van der Waals surface area (Å²) in [6.07, 6.45) is 1.35. The molecule has 0 unspecified atom stereocenters. The van der Waals surface area contributed by atoms with E-state index in [0.717, 1.165) is 5.56 Å². The first-order valence-corrected chi connectivity index (χ1v) is 3.77. The van der Waals surface area contributed by atoms with Crippen LogP contribution in [0.15, 0.2) is 24.3 Å². The molecule has 3 nitrogen and oxygen atoms in total. The molecule has 0 aliphatic heterocycles. The van der Waals surface area contributed by atoms with Crippen LogP contribution in [0.4, 0.5) is 5.69 Å². The molecule has 0 bridgehead atoms. The van der Waals surface area contributed by atoms with Crippen molar-refractivity contribution in [3.63, 3.8) is 0 Å². The van der Waals surface area contributed by atoms with Crippen molar-refractivity contribution in [3.8, 4) is 0 Å². The monoisotopic (exact) mass is 164 g/mol. The molecule has 0 spiro atoms. The van der Waals surface area contributed by atoms with Gasteiger partial charge in [-0.3, -0.25) is 10.1 Å². The van der Waals surface area contributed by atoms with Gasteiger partial charge in [-0.25, -0.2) is 0 Å². The molecule has 0 N–H and O–H groups in total. The minimum Gasteiger partial charge on any atom is -0.258 e. The van der Waals surface area contributed by atoms with Crippen LogP contribution in [0.2, 0.25) is 0 Å². The maximum Gasteiger partial charge on any atom is 0.272 e. The average Bonchev–Trinajstić information content (AvgIpc) is 2.05. The molecule has 1 rings (SSSR count). The Balaban J connectivity index is 3.00. The van der Waals surface area contributed by atoms with E-state index in [9.17, 15) is 10.1 Å². The van der Waals surface area contributed by atoms with Crippen molar-refractivity contribution in [2.45, 2.75) is 12.8 Å². The molecule has 0 saturated carbocycles. The third-order valence-corrected chi connectivity index (χ3v) is 1.63. The van der Waals surface area contributed by atoms with Gasteiger partial charge in [0.25, 0.3) is 5.69 Å². The highest BCUT2D eigenvalue weighted by molar-refractivity contribution is 5.39. The highest BCUT2D eigenvalue weighted by atomic mass is 16.6. The van der Waals surface area contributed by atoms with Crippen LogP contribution in [0.5, 0.6) is 0 Å². The van der Waals surface area contributed by atoms with Crippen LogP contribution in [-0.4, -0.2) is 4.92 Å².